The van der Waals surface area contributed by atoms with E-state index < -0.39 is 11.9 Å². The van der Waals surface area contributed by atoms with E-state index in [1.54, 1.807) is 24.3 Å². The molecule has 0 radical (unpaired) electrons. The molecule has 2 amide bonds. The van der Waals surface area contributed by atoms with Crippen LogP contribution in [-0.4, -0.2) is 31.4 Å². The second-order valence-electron chi connectivity index (χ2n) is 4.12. The molecule has 20 heavy (non-hydrogen) atoms. The van der Waals surface area contributed by atoms with E-state index in [2.05, 4.69) is 10.6 Å². The molecule has 0 atom stereocenters. The number of esters is 1. The lowest BCUT2D eigenvalue weighted by atomic mass is 10.2. The predicted molar refractivity (Wildman–Crippen MR) is 74.3 cm³/mol. The van der Waals surface area contributed by atoms with Crippen molar-refractivity contribution >= 4 is 23.5 Å². The third kappa shape index (κ3) is 5.09. The molecule has 0 aromatic heterocycles. The number of carbonyl (C=O) groups excluding carboxylic acids is 3. The van der Waals surface area contributed by atoms with Crippen molar-refractivity contribution in [2.45, 2.75) is 19.8 Å². The SMILES string of the molecule is CCCC(=O)OCC(=O)Nc1cccc(C(=O)NC)c1. The fourth-order valence-corrected chi connectivity index (χ4v) is 1.50. The number of carbonyl (C=O) groups is 3. The van der Waals surface area contributed by atoms with Gasteiger partial charge in [0.05, 0.1) is 0 Å². The van der Waals surface area contributed by atoms with Gasteiger partial charge >= 0.3 is 5.97 Å². The summed E-state index contributed by atoms with van der Waals surface area (Å²) in [4.78, 5) is 34.2. The second-order valence-corrected chi connectivity index (χ2v) is 4.12. The van der Waals surface area contributed by atoms with Crippen LogP contribution in [0, 0.1) is 0 Å². The monoisotopic (exact) mass is 278 g/mol. The minimum atomic E-state index is -0.441. The van der Waals surface area contributed by atoms with Crippen molar-refractivity contribution < 1.29 is 19.1 Å². The molecule has 0 heterocycles. The average molecular weight is 278 g/mol. The van der Waals surface area contributed by atoms with Gasteiger partial charge in [-0.3, -0.25) is 14.4 Å². The third-order valence-electron chi connectivity index (χ3n) is 2.45. The van der Waals surface area contributed by atoms with Crippen LogP contribution in [-0.2, 0) is 14.3 Å². The van der Waals surface area contributed by atoms with Gasteiger partial charge in [-0.15, -0.1) is 0 Å². The molecule has 0 aliphatic heterocycles. The first-order valence-corrected chi connectivity index (χ1v) is 6.34. The number of ether oxygens (including phenoxy) is 1. The smallest absolute Gasteiger partial charge is 0.306 e. The van der Waals surface area contributed by atoms with Crippen molar-refractivity contribution in [3.63, 3.8) is 0 Å². The van der Waals surface area contributed by atoms with Gasteiger partial charge in [0.2, 0.25) is 0 Å². The molecule has 0 unspecified atom stereocenters. The molecule has 0 aliphatic rings. The van der Waals surface area contributed by atoms with Gasteiger partial charge in [0.25, 0.3) is 11.8 Å². The van der Waals surface area contributed by atoms with Crippen LogP contribution in [0.5, 0.6) is 0 Å². The fourth-order valence-electron chi connectivity index (χ4n) is 1.50. The Morgan fingerprint density at radius 3 is 2.65 bits per heavy atom. The summed E-state index contributed by atoms with van der Waals surface area (Å²) in [6, 6.07) is 6.49. The van der Waals surface area contributed by atoms with Crippen molar-refractivity contribution in [3.8, 4) is 0 Å². The highest BCUT2D eigenvalue weighted by atomic mass is 16.5. The largest absolute Gasteiger partial charge is 0.456 e. The van der Waals surface area contributed by atoms with E-state index in [0.29, 0.717) is 24.1 Å². The van der Waals surface area contributed by atoms with Gasteiger partial charge in [-0.25, -0.2) is 0 Å². The summed E-state index contributed by atoms with van der Waals surface area (Å²) in [6.45, 7) is 1.52. The van der Waals surface area contributed by atoms with E-state index in [-0.39, 0.29) is 12.5 Å². The molecular formula is C14H18N2O4. The van der Waals surface area contributed by atoms with E-state index in [1.165, 1.54) is 7.05 Å². The molecular weight excluding hydrogens is 260 g/mol. The molecule has 1 rings (SSSR count). The maximum absolute atomic E-state index is 11.6. The Kier molecular flexibility index (Phi) is 6.22. The van der Waals surface area contributed by atoms with Crippen LogP contribution in [0.15, 0.2) is 24.3 Å². The highest BCUT2D eigenvalue weighted by Gasteiger charge is 2.08. The number of hydrogen-bond acceptors (Lipinski definition) is 4. The quantitative estimate of drug-likeness (QED) is 0.769. The summed E-state index contributed by atoms with van der Waals surface area (Å²) in [5.74, 6) is -1.08. The maximum Gasteiger partial charge on any atom is 0.306 e. The minimum Gasteiger partial charge on any atom is -0.456 e. The molecule has 6 heteroatoms. The Hall–Kier alpha value is -2.37. The van der Waals surface area contributed by atoms with Crippen LogP contribution in [0.3, 0.4) is 0 Å². The topological polar surface area (TPSA) is 84.5 Å². The van der Waals surface area contributed by atoms with Crippen LogP contribution >= 0.6 is 0 Å². The average Bonchev–Trinajstić information content (AvgIpc) is 2.45. The normalized spacial score (nSPS) is 9.70. The van der Waals surface area contributed by atoms with Crippen LogP contribution in [0.4, 0.5) is 5.69 Å². The summed E-state index contributed by atoms with van der Waals surface area (Å²) in [7, 11) is 1.53. The Morgan fingerprint density at radius 1 is 1.25 bits per heavy atom. The van der Waals surface area contributed by atoms with Gasteiger partial charge in [-0.2, -0.15) is 0 Å². The van der Waals surface area contributed by atoms with Gasteiger partial charge in [0.15, 0.2) is 6.61 Å². The number of amides is 2. The fraction of sp³-hybridized carbons (Fsp3) is 0.357. The lowest BCUT2D eigenvalue weighted by Gasteiger charge is -2.07. The summed E-state index contributed by atoms with van der Waals surface area (Å²) in [5, 5.41) is 5.06. The molecule has 108 valence electrons. The first-order chi connectivity index (χ1) is 9.56. The lowest BCUT2D eigenvalue weighted by molar-refractivity contribution is -0.147. The lowest BCUT2D eigenvalue weighted by Crippen LogP contribution is -2.21. The van der Waals surface area contributed by atoms with Crippen LogP contribution in [0.1, 0.15) is 30.1 Å². The zero-order chi connectivity index (χ0) is 15.0. The molecule has 0 fully saturated rings. The summed E-state index contributed by atoms with van der Waals surface area (Å²) in [6.07, 6.45) is 0.966. The molecule has 0 aliphatic carbocycles. The highest BCUT2D eigenvalue weighted by Crippen LogP contribution is 2.10. The molecule has 2 N–H and O–H groups in total. The van der Waals surface area contributed by atoms with Crippen LogP contribution in [0.25, 0.3) is 0 Å². The number of anilines is 1. The Bertz CT molecular complexity index is 500. The first kappa shape index (κ1) is 15.7. The number of rotatable bonds is 6. The zero-order valence-electron chi connectivity index (χ0n) is 11.6. The summed E-state index contributed by atoms with van der Waals surface area (Å²) in [5.41, 5.74) is 0.913. The van der Waals surface area contributed by atoms with Crippen molar-refractivity contribution in [2.75, 3.05) is 19.0 Å². The van der Waals surface area contributed by atoms with Gasteiger partial charge in [0.1, 0.15) is 0 Å². The van der Waals surface area contributed by atoms with Crippen molar-refractivity contribution in [2.24, 2.45) is 0 Å². The number of nitrogens with one attached hydrogen (secondary N) is 2. The van der Waals surface area contributed by atoms with E-state index in [0.717, 1.165) is 0 Å². The number of benzene rings is 1. The zero-order valence-corrected chi connectivity index (χ0v) is 11.6. The van der Waals surface area contributed by atoms with E-state index in [1.807, 2.05) is 6.92 Å². The first-order valence-electron chi connectivity index (χ1n) is 6.34. The molecule has 6 nitrogen and oxygen atoms in total. The standard InChI is InChI=1S/C14H18N2O4/c1-3-5-13(18)20-9-12(17)16-11-7-4-6-10(8-11)14(19)15-2/h4,6-8H,3,5,9H2,1-2H3,(H,15,19)(H,16,17). The van der Waals surface area contributed by atoms with Gasteiger partial charge in [-0.05, 0) is 24.6 Å². The Labute approximate surface area is 117 Å². The van der Waals surface area contributed by atoms with E-state index >= 15 is 0 Å². The molecule has 0 saturated carbocycles. The van der Waals surface area contributed by atoms with Crippen LogP contribution in [0.2, 0.25) is 0 Å². The van der Waals surface area contributed by atoms with E-state index in [4.69, 9.17) is 4.74 Å². The predicted octanol–water partition coefficient (Wildman–Crippen LogP) is 1.33. The molecule has 1 aromatic rings. The van der Waals surface area contributed by atoms with Gasteiger partial charge in [0, 0.05) is 24.7 Å². The molecule has 1 aromatic carbocycles. The van der Waals surface area contributed by atoms with E-state index in [9.17, 15) is 14.4 Å². The van der Waals surface area contributed by atoms with Crippen molar-refractivity contribution in [1.29, 1.82) is 0 Å². The van der Waals surface area contributed by atoms with Crippen LogP contribution < -0.4 is 10.6 Å². The van der Waals surface area contributed by atoms with Gasteiger partial charge < -0.3 is 15.4 Å². The molecule has 0 bridgehead atoms. The molecule has 0 saturated heterocycles. The minimum absolute atomic E-state index is 0.240. The van der Waals surface area contributed by atoms with Gasteiger partial charge in [-0.1, -0.05) is 13.0 Å². The molecule has 0 spiro atoms. The highest BCUT2D eigenvalue weighted by molar-refractivity contribution is 5.97. The summed E-state index contributed by atoms with van der Waals surface area (Å²) < 4.78 is 4.79. The van der Waals surface area contributed by atoms with Crippen molar-refractivity contribution in [1.82, 2.24) is 5.32 Å². The number of hydrogen-bond donors (Lipinski definition) is 2. The summed E-state index contributed by atoms with van der Waals surface area (Å²) >= 11 is 0. The second kappa shape index (κ2) is 7.93. The maximum atomic E-state index is 11.6. The Morgan fingerprint density at radius 2 is 2.00 bits per heavy atom. The third-order valence-corrected chi connectivity index (χ3v) is 2.45. The Balaban J connectivity index is 2.53. The van der Waals surface area contributed by atoms with Crippen molar-refractivity contribution in [3.05, 3.63) is 29.8 Å².